The fourth-order valence-electron chi connectivity index (χ4n) is 2.64. The molecule has 0 fully saturated rings. The van der Waals surface area contributed by atoms with Crippen LogP contribution in [0.15, 0.2) is 47.7 Å². The Hall–Kier alpha value is -1.08. The Morgan fingerprint density at radius 3 is 2.05 bits per heavy atom. The first kappa shape index (κ1) is 14.3. The molecule has 1 unspecified atom stereocenters. The van der Waals surface area contributed by atoms with E-state index in [0.717, 1.165) is 0 Å². The molecule has 0 aromatic heterocycles. The molecule has 0 spiro atoms. The minimum atomic E-state index is -1.18. The normalized spacial score (nSPS) is 19.7. The van der Waals surface area contributed by atoms with E-state index in [4.69, 9.17) is 0 Å². The molecule has 1 heteroatoms. The minimum Gasteiger partial charge on any atom is -0.0775 e. The molecule has 2 rings (SSSR count). The first-order chi connectivity index (χ1) is 8.71. The van der Waals surface area contributed by atoms with Crippen LogP contribution in [-0.2, 0) is 5.41 Å². The van der Waals surface area contributed by atoms with E-state index in [-0.39, 0.29) is 5.41 Å². The zero-order chi connectivity index (χ0) is 14.3. The van der Waals surface area contributed by atoms with Crippen LogP contribution in [-0.4, -0.2) is 8.07 Å². The van der Waals surface area contributed by atoms with Crippen LogP contribution in [0.1, 0.15) is 25.0 Å². The van der Waals surface area contributed by atoms with Gasteiger partial charge in [0, 0.05) is 5.92 Å². The maximum Gasteiger partial charge on any atom is 0.0771 e. The van der Waals surface area contributed by atoms with E-state index in [1.807, 2.05) is 0 Å². The van der Waals surface area contributed by atoms with E-state index in [0.29, 0.717) is 5.92 Å². The monoisotopic (exact) mass is 270 g/mol. The van der Waals surface area contributed by atoms with Gasteiger partial charge in [-0.1, -0.05) is 86.7 Å². The van der Waals surface area contributed by atoms with Crippen LogP contribution < -0.4 is 0 Å². The topological polar surface area (TPSA) is 0 Å². The number of rotatable bonds is 3. The van der Waals surface area contributed by atoms with Crippen LogP contribution in [0.5, 0.6) is 0 Å². The predicted molar refractivity (Wildman–Crippen MR) is 88.3 cm³/mol. The van der Waals surface area contributed by atoms with E-state index in [9.17, 15) is 0 Å². The maximum atomic E-state index is 2.51. The molecule has 0 radical (unpaired) electrons. The zero-order valence-electron chi connectivity index (χ0n) is 13.1. The highest BCUT2D eigenvalue weighted by Gasteiger charge is 2.32. The van der Waals surface area contributed by atoms with Gasteiger partial charge in [0.05, 0.1) is 8.07 Å². The van der Waals surface area contributed by atoms with Gasteiger partial charge in [0.2, 0.25) is 0 Å². The van der Waals surface area contributed by atoms with Crippen molar-refractivity contribution in [1.82, 2.24) is 0 Å². The van der Waals surface area contributed by atoms with Crippen LogP contribution in [0.4, 0.5) is 0 Å². The highest BCUT2D eigenvalue weighted by molar-refractivity contribution is 6.83. The van der Waals surface area contributed by atoms with Crippen molar-refractivity contribution >= 4 is 8.07 Å². The molecule has 1 aliphatic rings. The highest BCUT2D eigenvalue weighted by atomic mass is 28.3. The first-order valence-electron chi connectivity index (χ1n) is 7.19. The maximum absolute atomic E-state index is 2.51. The molecular weight excluding hydrogens is 244 g/mol. The van der Waals surface area contributed by atoms with Crippen molar-refractivity contribution < 1.29 is 0 Å². The second-order valence-corrected chi connectivity index (χ2v) is 12.4. The molecule has 0 aliphatic heterocycles. The Morgan fingerprint density at radius 2 is 1.58 bits per heavy atom. The molecule has 1 aliphatic carbocycles. The fraction of sp³-hybridized carbons (Fsp3) is 0.444. The summed E-state index contributed by atoms with van der Waals surface area (Å²) in [5.41, 5.74) is 2.94. The molecule has 0 amide bonds. The molecule has 0 saturated heterocycles. The second-order valence-electron chi connectivity index (χ2n) is 7.34. The lowest BCUT2D eigenvalue weighted by molar-refractivity contribution is 0.448. The van der Waals surface area contributed by atoms with Crippen molar-refractivity contribution in [3.8, 4) is 0 Å². The second kappa shape index (κ2) is 4.79. The van der Waals surface area contributed by atoms with Gasteiger partial charge in [0.15, 0.2) is 0 Å². The van der Waals surface area contributed by atoms with Gasteiger partial charge in [0.25, 0.3) is 0 Å². The van der Waals surface area contributed by atoms with Gasteiger partial charge in [-0.25, -0.2) is 0 Å². The van der Waals surface area contributed by atoms with E-state index in [1.54, 1.807) is 5.20 Å². The third kappa shape index (κ3) is 2.92. The van der Waals surface area contributed by atoms with Crippen molar-refractivity contribution in [1.29, 1.82) is 0 Å². The summed E-state index contributed by atoms with van der Waals surface area (Å²) in [7, 11) is -1.18. The lowest BCUT2D eigenvalue weighted by Gasteiger charge is -2.30. The van der Waals surface area contributed by atoms with E-state index >= 15 is 0 Å². The van der Waals surface area contributed by atoms with E-state index in [2.05, 4.69) is 82.9 Å². The summed E-state index contributed by atoms with van der Waals surface area (Å²) in [6.07, 6.45) is 7.27. The number of allylic oxidation sites excluding steroid dienone is 4. The van der Waals surface area contributed by atoms with Gasteiger partial charge in [-0.05, 0) is 17.9 Å². The number of aryl methyl sites for hydroxylation is 1. The molecule has 0 N–H and O–H groups in total. The SMILES string of the molecule is Cc1ccc(C(C)(C)C2C=CC([Si](C)(C)C)=C2)cc1. The van der Waals surface area contributed by atoms with Crippen LogP contribution >= 0.6 is 0 Å². The van der Waals surface area contributed by atoms with Crippen molar-refractivity contribution in [3.05, 3.63) is 58.8 Å². The molecular formula is C18H26Si. The Balaban J connectivity index is 2.30. The fourth-order valence-corrected chi connectivity index (χ4v) is 3.91. The first-order valence-corrected chi connectivity index (χ1v) is 10.7. The van der Waals surface area contributed by atoms with Gasteiger partial charge in [0.1, 0.15) is 0 Å². The van der Waals surface area contributed by atoms with Gasteiger partial charge in [-0.2, -0.15) is 0 Å². The summed E-state index contributed by atoms with van der Waals surface area (Å²) >= 11 is 0. The summed E-state index contributed by atoms with van der Waals surface area (Å²) in [5, 5.41) is 1.60. The third-order valence-corrected chi connectivity index (χ3v) is 6.40. The van der Waals surface area contributed by atoms with Crippen LogP contribution in [0.25, 0.3) is 0 Å². The Morgan fingerprint density at radius 1 is 1.00 bits per heavy atom. The van der Waals surface area contributed by atoms with Crippen molar-refractivity contribution in [3.63, 3.8) is 0 Å². The van der Waals surface area contributed by atoms with Crippen LogP contribution in [0.3, 0.4) is 0 Å². The summed E-state index contributed by atoms with van der Waals surface area (Å²) < 4.78 is 0. The molecule has 0 heterocycles. The third-order valence-electron chi connectivity index (χ3n) is 4.34. The Labute approximate surface area is 119 Å². The average Bonchev–Trinajstić information content (AvgIpc) is 2.79. The smallest absolute Gasteiger partial charge is 0.0771 e. The minimum absolute atomic E-state index is 0.172. The van der Waals surface area contributed by atoms with Gasteiger partial charge in [-0.3, -0.25) is 0 Å². The molecule has 1 atom stereocenters. The standard InChI is InChI=1S/C18H26Si/c1-14-7-9-15(10-8-14)18(2,3)16-11-12-17(13-16)19(4,5)6/h7-13,16H,1-6H3. The summed E-state index contributed by atoms with van der Waals surface area (Å²) in [4.78, 5) is 0. The number of benzene rings is 1. The van der Waals surface area contributed by atoms with Crippen molar-refractivity contribution in [2.75, 3.05) is 0 Å². The Kier molecular flexibility index (Phi) is 3.61. The molecule has 0 saturated carbocycles. The predicted octanol–water partition coefficient (Wildman–Crippen LogP) is 5.26. The molecule has 1 aromatic carbocycles. The average molecular weight is 270 g/mol. The quantitative estimate of drug-likeness (QED) is 0.657. The van der Waals surface area contributed by atoms with Crippen LogP contribution in [0, 0.1) is 12.8 Å². The van der Waals surface area contributed by atoms with E-state index in [1.165, 1.54) is 11.1 Å². The molecule has 0 nitrogen and oxygen atoms in total. The van der Waals surface area contributed by atoms with Gasteiger partial charge >= 0.3 is 0 Å². The Bertz CT molecular complexity index is 510. The summed E-state index contributed by atoms with van der Waals surface area (Å²) in [6.45, 7) is 14.1. The molecule has 0 bridgehead atoms. The van der Waals surface area contributed by atoms with Gasteiger partial charge in [-0.15, -0.1) is 0 Å². The van der Waals surface area contributed by atoms with Gasteiger partial charge < -0.3 is 0 Å². The van der Waals surface area contributed by atoms with Crippen molar-refractivity contribution in [2.24, 2.45) is 5.92 Å². The molecule has 19 heavy (non-hydrogen) atoms. The number of hydrogen-bond donors (Lipinski definition) is 0. The summed E-state index contributed by atoms with van der Waals surface area (Å²) in [6, 6.07) is 9.00. The lowest BCUT2D eigenvalue weighted by Crippen LogP contribution is -2.26. The largest absolute Gasteiger partial charge is 0.0775 e. The van der Waals surface area contributed by atoms with E-state index < -0.39 is 8.07 Å². The van der Waals surface area contributed by atoms with Crippen LogP contribution in [0.2, 0.25) is 19.6 Å². The number of hydrogen-bond acceptors (Lipinski definition) is 0. The highest BCUT2D eigenvalue weighted by Crippen LogP contribution is 2.38. The summed E-state index contributed by atoms with van der Waals surface area (Å²) in [5.74, 6) is 0.525. The zero-order valence-corrected chi connectivity index (χ0v) is 14.1. The van der Waals surface area contributed by atoms with Crippen molar-refractivity contribution in [2.45, 2.75) is 45.8 Å². The molecule has 102 valence electrons. The lowest BCUT2D eigenvalue weighted by atomic mass is 9.74. The molecule has 1 aromatic rings.